The Bertz CT molecular complexity index is 742. The van der Waals surface area contributed by atoms with Crippen molar-refractivity contribution >= 4 is 21.4 Å². The second kappa shape index (κ2) is 6.00. The zero-order valence-electron chi connectivity index (χ0n) is 14.0. The van der Waals surface area contributed by atoms with E-state index in [1.165, 1.54) is 12.1 Å². The van der Waals surface area contributed by atoms with E-state index in [2.05, 4.69) is 0 Å². The van der Waals surface area contributed by atoms with E-state index in [9.17, 15) is 13.2 Å². The predicted octanol–water partition coefficient (Wildman–Crippen LogP) is 2.95. The summed E-state index contributed by atoms with van der Waals surface area (Å²) in [4.78, 5) is 12.4. The van der Waals surface area contributed by atoms with Crippen LogP contribution in [0.1, 0.15) is 39.7 Å². The zero-order chi connectivity index (χ0) is 17.4. The normalized spacial score (nSPS) is 18.7. The molecule has 0 bridgehead atoms. The Morgan fingerprint density at radius 1 is 1.22 bits per heavy atom. The summed E-state index contributed by atoms with van der Waals surface area (Å²) in [6, 6.07) is 6.40. The van der Waals surface area contributed by atoms with Crippen molar-refractivity contribution in [3.05, 3.63) is 35.6 Å². The minimum Gasteiger partial charge on any atom is -0.483 e. The molecule has 1 unspecified atom stereocenters. The molecule has 5 nitrogen and oxygen atoms in total. The van der Waals surface area contributed by atoms with Crippen molar-refractivity contribution in [3.63, 3.8) is 0 Å². The molecule has 0 amide bonds. The van der Waals surface area contributed by atoms with E-state index in [-0.39, 0.29) is 16.8 Å². The molecular formula is C17H22O5S. The van der Waals surface area contributed by atoms with E-state index in [0.29, 0.717) is 11.1 Å². The molecule has 0 aliphatic carbocycles. The summed E-state index contributed by atoms with van der Waals surface area (Å²) < 4.78 is 34.3. The molecule has 126 valence electrons. The molecule has 0 aromatic heterocycles. The molecule has 0 saturated carbocycles. The highest BCUT2D eigenvalue weighted by Crippen LogP contribution is 2.40. The molecule has 23 heavy (non-hydrogen) atoms. The van der Waals surface area contributed by atoms with E-state index in [0.717, 1.165) is 12.7 Å². The van der Waals surface area contributed by atoms with Crippen molar-refractivity contribution in [1.29, 1.82) is 0 Å². The van der Waals surface area contributed by atoms with Crippen LogP contribution in [0.4, 0.5) is 0 Å². The van der Waals surface area contributed by atoms with Gasteiger partial charge >= 0.3 is 5.97 Å². The van der Waals surface area contributed by atoms with Gasteiger partial charge in [-0.3, -0.25) is 0 Å². The molecule has 1 aliphatic rings. The van der Waals surface area contributed by atoms with E-state index in [4.69, 9.17) is 9.47 Å². The Morgan fingerprint density at radius 3 is 2.26 bits per heavy atom. The summed E-state index contributed by atoms with van der Waals surface area (Å²) in [5, 5.41) is 0. The van der Waals surface area contributed by atoms with Crippen LogP contribution in [0.3, 0.4) is 0 Å². The quantitative estimate of drug-likeness (QED) is 0.772. The molecule has 2 rings (SSSR count). The standard InChI is InChI=1S/C17H22O5S/c1-6-11(2)21-15-14(17(3,4)22-16(15)18)12-7-9-13(10-8-12)23(5,19)20/h7-11H,6H2,1-5H3. The third-order valence-corrected chi connectivity index (χ3v) is 4.96. The first-order valence-electron chi connectivity index (χ1n) is 7.51. The first-order chi connectivity index (χ1) is 10.6. The van der Waals surface area contributed by atoms with Gasteiger partial charge in [0, 0.05) is 6.26 Å². The molecular weight excluding hydrogens is 316 g/mol. The third-order valence-electron chi connectivity index (χ3n) is 3.83. The number of cyclic esters (lactones) is 1. The van der Waals surface area contributed by atoms with Crippen LogP contribution in [-0.2, 0) is 24.1 Å². The summed E-state index contributed by atoms with van der Waals surface area (Å²) >= 11 is 0. The maximum absolute atomic E-state index is 12.2. The van der Waals surface area contributed by atoms with Crippen molar-refractivity contribution in [2.45, 2.75) is 50.7 Å². The van der Waals surface area contributed by atoms with Crippen molar-refractivity contribution in [1.82, 2.24) is 0 Å². The monoisotopic (exact) mass is 338 g/mol. The lowest BCUT2D eigenvalue weighted by Crippen LogP contribution is -2.22. The maximum Gasteiger partial charge on any atom is 0.374 e. The summed E-state index contributed by atoms with van der Waals surface area (Å²) in [5.74, 6) is -0.283. The number of hydrogen-bond donors (Lipinski definition) is 0. The lowest BCUT2D eigenvalue weighted by atomic mass is 9.92. The molecule has 1 aliphatic heterocycles. The topological polar surface area (TPSA) is 69.7 Å². The first kappa shape index (κ1) is 17.5. The summed E-state index contributed by atoms with van der Waals surface area (Å²) in [7, 11) is -3.26. The van der Waals surface area contributed by atoms with Gasteiger partial charge in [0.05, 0.1) is 16.6 Å². The van der Waals surface area contributed by atoms with E-state index < -0.39 is 21.4 Å². The number of rotatable bonds is 5. The second-order valence-electron chi connectivity index (χ2n) is 6.24. The van der Waals surface area contributed by atoms with Crippen molar-refractivity contribution < 1.29 is 22.7 Å². The highest BCUT2D eigenvalue weighted by molar-refractivity contribution is 7.90. The fourth-order valence-corrected chi connectivity index (χ4v) is 3.07. The number of esters is 1. The predicted molar refractivity (Wildman–Crippen MR) is 87.5 cm³/mol. The SMILES string of the molecule is CCC(C)OC1=C(c2ccc(S(C)(=O)=O)cc2)C(C)(C)OC1=O. The van der Waals surface area contributed by atoms with E-state index in [1.54, 1.807) is 26.0 Å². The Balaban J connectivity index is 2.52. The lowest BCUT2D eigenvalue weighted by Gasteiger charge is -2.21. The molecule has 1 heterocycles. The van der Waals surface area contributed by atoms with Gasteiger partial charge in [-0.2, -0.15) is 0 Å². The fourth-order valence-electron chi connectivity index (χ4n) is 2.44. The van der Waals surface area contributed by atoms with Crippen LogP contribution in [0.5, 0.6) is 0 Å². The number of carbonyl (C=O) groups is 1. The van der Waals surface area contributed by atoms with E-state index >= 15 is 0 Å². The fraction of sp³-hybridized carbons (Fsp3) is 0.471. The van der Waals surface area contributed by atoms with Crippen LogP contribution < -0.4 is 0 Å². The first-order valence-corrected chi connectivity index (χ1v) is 9.40. The van der Waals surface area contributed by atoms with Crippen molar-refractivity contribution in [2.24, 2.45) is 0 Å². The van der Waals surface area contributed by atoms with E-state index in [1.807, 2.05) is 13.8 Å². The van der Waals surface area contributed by atoms with Gasteiger partial charge in [0.25, 0.3) is 0 Å². The summed E-state index contributed by atoms with van der Waals surface area (Å²) in [6.45, 7) is 7.43. The maximum atomic E-state index is 12.2. The molecule has 1 atom stereocenters. The highest BCUT2D eigenvalue weighted by Gasteiger charge is 2.43. The van der Waals surface area contributed by atoms with Crippen molar-refractivity contribution in [2.75, 3.05) is 6.26 Å². The largest absolute Gasteiger partial charge is 0.483 e. The number of sulfone groups is 1. The average molecular weight is 338 g/mol. The number of hydrogen-bond acceptors (Lipinski definition) is 5. The van der Waals surface area contributed by atoms with Gasteiger partial charge in [0.2, 0.25) is 5.76 Å². The van der Waals surface area contributed by atoms with Gasteiger partial charge in [0.15, 0.2) is 9.84 Å². The molecule has 1 aromatic carbocycles. The molecule has 0 radical (unpaired) electrons. The van der Waals surface area contributed by atoms with Crippen LogP contribution in [0, 0.1) is 0 Å². The Morgan fingerprint density at radius 2 is 1.78 bits per heavy atom. The third kappa shape index (κ3) is 3.58. The second-order valence-corrected chi connectivity index (χ2v) is 8.25. The lowest BCUT2D eigenvalue weighted by molar-refractivity contribution is -0.147. The molecule has 6 heteroatoms. The molecule has 1 aromatic rings. The summed E-state index contributed by atoms with van der Waals surface area (Å²) in [5.41, 5.74) is 0.529. The minimum atomic E-state index is -3.26. The van der Waals surface area contributed by atoms with Crippen LogP contribution in [-0.4, -0.2) is 32.3 Å². The van der Waals surface area contributed by atoms with Gasteiger partial charge in [-0.25, -0.2) is 13.2 Å². The van der Waals surface area contributed by atoms with Crippen LogP contribution >= 0.6 is 0 Å². The van der Waals surface area contributed by atoms with Gasteiger partial charge in [-0.1, -0.05) is 19.1 Å². The smallest absolute Gasteiger partial charge is 0.374 e. The van der Waals surface area contributed by atoms with Crippen LogP contribution in [0.2, 0.25) is 0 Å². The van der Waals surface area contributed by atoms with Gasteiger partial charge in [-0.15, -0.1) is 0 Å². The van der Waals surface area contributed by atoms with Gasteiger partial charge in [-0.05, 0) is 44.9 Å². The molecule has 0 spiro atoms. The summed E-state index contributed by atoms with van der Waals surface area (Å²) in [6.07, 6.45) is 1.80. The van der Waals surface area contributed by atoms with Crippen molar-refractivity contribution in [3.8, 4) is 0 Å². The number of benzene rings is 1. The van der Waals surface area contributed by atoms with Crippen LogP contribution in [0.25, 0.3) is 5.57 Å². The number of ether oxygens (including phenoxy) is 2. The Hall–Kier alpha value is -1.82. The minimum absolute atomic E-state index is 0.114. The van der Waals surface area contributed by atoms with Crippen LogP contribution in [0.15, 0.2) is 34.9 Å². The Kier molecular flexibility index (Phi) is 4.57. The highest BCUT2D eigenvalue weighted by atomic mass is 32.2. The molecule has 0 saturated heterocycles. The van der Waals surface area contributed by atoms with Gasteiger partial charge in [0.1, 0.15) is 5.60 Å². The number of carbonyl (C=O) groups excluding carboxylic acids is 1. The van der Waals surface area contributed by atoms with Gasteiger partial charge < -0.3 is 9.47 Å². The Labute approximate surface area is 137 Å². The average Bonchev–Trinajstić information content (AvgIpc) is 2.67. The molecule has 0 fully saturated rings. The molecule has 0 N–H and O–H groups in total. The zero-order valence-corrected chi connectivity index (χ0v) is 14.9.